The highest BCUT2D eigenvalue weighted by molar-refractivity contribution is 7.84. The summed E-state index contributed by atoms with van der Waals surface area (Å²) in [5, 5.41) is 3.08. The van der Waals surface area contributed by atoms with Crippen LogP contribution in [0.1, 0.15) is 0 Å². The molecule has 2 fully saturated rings. The Morgan fingerprint density at radius 1 is 1.46 bits per heavy atom. The molecule has 0 saturated carbocycles. The lowest BCUT2D eigenvalue weighted by Gasteiger charge is -2.49. The van der Waals surface area contributed by atoms with E-state index in [4.69, 9.17) is 4.74 Å². The summed E-state index contributed by atoms with van der Waals surface area (Å²) in [6.45, 7) is 2.17. The molecule has 1 N–H and O–H groups in total. The molecule has 2 aliphatic rings. The van der Waals surface area contributed by atoms with Crippen LogP contribution in [0.4, 0.5) is 3.89 Å². The van der Waals surface area contributed by atoms with E-state index in [-0.39, 0.29) is 13.1 Å². The molecule has 13 heavy (non-hydrogen) atoms. The fraction of sp³-hybridized carbons (Fsp3) is 1.00. The molecular formula is C6H11FN2O3S. The number of halogens is 1. The molecule has 2 rings (SSSR count). The third-order valence-electron chi connectivity index (χ3n) is 2.37. The number of nitrogens with zero attached hydrogens (tertiary/aromatic N) is 1. The van der Waals surface area contributed by atoms with Crippen LogP contribution in [0.2, 0.25) is 0 Å². The minimum absolute atomic E-state index is 0.124. The normalized spacial score (nSPS) is 28.7. The molecule has 0 aromatic heterocycles. The van der Waals surface area contributed by atoms with Crippen LogP contribution in [0.25, 0.3) is 0 Å². The van der Waals surface area contributed by atoms with Gasteiger partial charge in [-0.15, -0.1) is 0 Å². The van der Waals surface area contributed by atoms with Crippen LogP contribution in [0.5, 0.6) is 0 Å². The summed E-state index contributed by atoms with van der Waals surface area (Å²) >= 11 is 0. The Morgan fingerprint density at radius 2 is 2.15 bits per heavy atom. The first-order chi connectivity index (χ1) is 6.02. The lowest BCUT2D eigenvalue weighted by atomic mass is 9.96. The fourth-order valence-corrected chi connectivity index (χ4v) is 2.44. The van der Waals surface area contributed by atoms with Gasteiger partial charge in [-0.25, -0.2) is 0 Å². The van der Waals surface area contributed by atoms with Gasteiger partial charge in [-0.1, -0.05) is 3.89 Å². The molecule has 0 aliphatic carbocycles. The van der Waals surface area contributed by atoms with Crippen LogP contribution in [0.3, 0.4) is 0 Å². The molecule has 0 unspecified atom stereocenters. The Labute approximate surface area is 76.2 Å². The van der Waals surface area contributed by atoms with Crippen LogP contribution in [0, 0.1) is 0 Å². The molecule has 2 aliphatic heterocycles. The van der Waals surface area contributed by atoms with Crippen molar-refractivity contribution in [2.24, 2.45) is 0 Å². The highest BCUT2D eigenvalue weighted by Crippen LogP contribution is 2.28. The average Bonchev–Trinajstić information content (AvgIpc) is 2.00. The average molecular weight is 210 g/mol. The number of hydrogen-bond donors (Lipinski definition) is 1. The largest absolute Gasteiger partial charge is 0.374 e. The minimum Gasteiger partial charge on any atom is -0.370 e. The fourth-order valence-electron chi connectivity index (χ4n) is 1.66. The number of hydrogen-bond acceptors (Lipinski definition) is 4. The van der Waals surface area contributed by atoms with Gasteiger partial charge in [-0.3, -0.25) is 0 Å². The summed E-state index contributed by atoms with van der Waals surface area (Å²) in [5.74, 6) is 0. The van der Waals surface area contributed by atoms with Gasteiger partial charge in [0.1, 0.15) is 5.60 Å². The Morgan fingerprint density at radius 3 is 2.62 bits per heavy atom. The van der Waals surface area contributed by atoms with Crippen molar-refractivity contribution in [3.8, 4) is 0 Å². The molecule has 2 saturated heterocycles. The third kappa shape index (κ3) is 1.69. The maximum absolute atomic E-state index is 12.4. The van der Waals surface area contributed by atoms with Gasteiger partial charge < -0.3 is 10.1 Å². The van der Waals surface area contributed by atoms with E-state index in [0.29, 0.717) is 13.2 Å². The van der Waals surface area contributed by atoms with E-state index in [9.17, 15) is 12.3 Å². The van der Waals surface area contributed by atoms with E-state index < -0.39 is 16.0 Å². The monoisotopic (exact) mass is 210 g/mol. The Bertz CT molecular complexity index is 291. The van der Waals surface area contributed by atoms with Crippen molar-refractivity contribution < 1.29 is 17.0 Å². The summed E-state index contributed by atoms with van der Waals surface area (Å²) in [6, 6.07) is 0. The standard InChI is InChI=1S/C6H11FN2O3S/c7-13(10,11)9-4-6(5-9)3-8-1-2-12-6/h8H,1-5H2. The summed E-state index contributed by atoms with van der Waals surface area (Å²) < 4.78 is 39.4. The molecule has 0 radical (unpaired) electrons. The first kappa shape index (κ1) is 9.32. The maximum Gasteiger partial charge on any atom is 0.374 e. The third-order valence-corrected chi connectivity index (χ3v) is 3.25. The van der Waals surface area contributed by atoms with Crippen LogP contribution < -0.4 is 5.32 Å². The van der Waals surface area contributed by atoms with Crippen molar-refractivity contribution in [1.29, 1.82) is 0 Å². The summed E-state index contributed by atoms with van der Waals surface area (Å²) in [7, 11) is -4.52. The highest BCUT2D eigenvalue weighted by atomic mass is 32.3. The van der Waals surface area contributed by atoms with E-state index in [1.807, 2.05) is 0 Å². The van der Waals surface area contributed by atoms with Crippen LogP contribution in [0.15, 0.2) is 0 Å². The van der Waals surface area contributed by atoms with E-state index in [0.717, 1.165) is 10.8 Å². The molecule has 1 spiro atoms. The molecule has 76 valence electrons. The zero-order valence-corrected chi connectivity index (χ0v) is 7.81. The van der Waals surface area contributed by atoms with Crippen molar-refractivity contribution in [3.05, 3.63) is 0 Å². The second-order valence-electron chi connectivity index (χ2n) is 3.42. The highest BCUT2D eigenvalue weighted by Gasteiger charge is 2.50. The molecule has 5 nitrogen and oxygen atoms in total. The van der Waals surface area contributed by atoms with Gasteiger partial charge in [-0.2, -0.15) is 12.7 Å². The first-order valence-electron chi connectivity index (χ1n) is 4.06. The van der Waals surface area contributed by atoms with Crippen LogP contribution >= 0.6 is 0 Å². The molecular weight excluding hydrogens is 199 g/mol. The van der Waals surface area contributed by atoms with Gasteiger partial charge in [0.05, 0.1) is 6.61 Å². The van der Waals surface area contributed by atoms with Gasteiger partial charge in [0, 0.05) is 26.2 Å². The maximum atomic E-state index is 12.4. The van der Waals surface area contributed by atoms with Gasteiger partial charge in [-0.05, 0) is 0 Å². The van der Waals surface area contributed by atoms with E-state index in [1.165, 1.54) is 0 Å². The van der Waals surface area contributed by atoms with Crippen molar-refractivity contribution >= 4 is 10.4 Å². The second-order valence-corrected chi connectivity index (χ2v) is 4.76. The molecule has 0 aromatic carbocycles. The number of rotatable bonds is 1. The number of ether oxygens (including phenoxy) is 1. The van der Waals surface area contributed by atoms with Gasteiger partial charge in [0.15, 0.2) is 0 Å². The zero-order chi connectivity index (χ0) is 9.53. The Kier molecular flexibility index (Phi) is 2.06. The van der Waals surface area contributed by atoms with E-state index in [1.54, 1.807) is 0 Å². The van der Waals surface area contributed by atoms with E-state index in [2.05, 4.69) is 5.32 Å². The summed E-state index contributed by atoms with van der Waals surface area (Å²) in [4.78, 5) is 0. The molecule has 0 bridgehead atoms. The second kappa shape index (κ2) is 2.88. The molecule has 2 heterocycles. The van der Waals surface area contributed by atoms with Crippen molar-refractivity contribution in [2.45, 2.75) is 5.60 Å². The summed E-state index contributed by atoms with van der Waals surface area (Å²) in [6.07, 6.45) is 0. The van der Waals surface area contributed by atoms with Crippen molar-refractivity contribution in [2.75, 3.05) is 32.8 Å². The lowest BCUT2D eigenvalue weighted by Crippen LogP contribution is -2.70. The van der Waals surface area contributed by atoms with Crippen LogP contribution in [-0.4, -0.2) is 51.1 Å². The van der Waals surface area contributed by atoms with Crippen LogP contribution in [-0.2, 0) is 15.1 Å². The lowest BCUT2D eigenvalue weighted by molar-refractivity contribution is -0.131. The zero-order valence-electron chi connectivity index (χ0n) is 6.99. The predicted molar refractivity (Wildman–Crippen MR) is 43.2 cm³/mol. The Balaban J connectivity index is 1.96. The number of morpholine rings is 1. The van der Waals surface area contributed by atoms with Gasteiger partial charge in [0.25, 0.3) is 0 Å². The van der Waals surface area contributed by atoms with E-state index >= 15 is 0 Å². The quantitative estimate of drug-likeness (QED) is 0.557. The minimum atomic E-state index is -4.52. The van der Waals surface area contributed by atoms with Gasteiger partial charge >= 0.3 is 10.4 Å². The topological polar surface area (TPSA) is 58.6 Å². The summed E-state index contributed by atoms with van der Waals surface area (Å²) in [5.41, 5.74) is -0.475. The van der Waals surface area contributed by atoms with Crippen molar-refractivity contribution in [3.63, 3.8) is 0 Å². The number of nitrogens with one attached hydrogen (secondary N) is 1. The Hall–Kier alpha value is -0.240. The SMILES string of the molecule is O=S(=O)(F)N1CC2(CNCCO2)C1. The van der Waals surface area contributed by atoms with Gasteiger partial charge in [0.2, 0.25) is 0 Å². The molecule has 0 amide bonds. The first-order valence-corrected chi connectivity index (χ1v) is 5.40. The predicted octanol–water partition coefficient (Wildman–Crippen LogP) is -1.13. The molecule has 0 atom stereocenters. The molecule has 0 aromatic rings. The molecule has 7 heteroatoms. The van der Waals surface area contributed by atoms with Crippen molar-refractivity contribution in [1.82, 2.24) is 9.62 Å². The smallest absolute Gasteiger partial charge is 0.370 e.